The van der Waals surface area contributed by atoms with Crippen molar-refractivity contribution in [1.82, 2.24) is 5.48 Å². The Hall–Kier alpha value is -3.11. The van der Waals surface area contributed by atoms with Crippen molar-refractivity contribution in [2.45, 2.75) is 32.2 Å². The quantitative estimate of drug-likeness (QED) is 0.237. The second-order valence-electron chi connectivity index (χ2n) is 7.74. The first-order valence-corrected chi connectivity index (χ1v) is 12.6. The summed E-state index contributed by atoms with van der Waals surface area (Å²) in [5, 5.41) is 0. The maximum atomic E-state index is 12.5. The van der Waals surface area contributed by atoms with E-state index in [1.807, 2.05) is 24.3 Å². The molecular weight excluding hydrogens is 458 g/mol. The second kappa shape index (κ2) is 12.4. The molecule has 1 heterocycles. The summed E-state index contributed by atoms with van der Waals surface area (Å²) in [5.74, 6) is -0.600. The molecule has 0 aliphatic carbocycles. The summed E-state index contributed by atoms with van der Waals surface area (Å²) in [5.41, 5.74) is 5.00. The minimum absolute atomic E-state index is 0.128. The van der Waals surface area contributed by atoms with Gasteiger partial charge in [-0.1, -0.05) is 48.5 Å². The first-order valence-electron chi connectivity index (χ1n) is 10.8. The average Bonchev–Trinajstić information content (AvgIpc) is 2.84. The van der Waals surface area contributed by atoms with Crippen molar-refractivity contribution >= 4 is 34.0 Å². The van der Waals surface area contributed by atoms with Crippen molar-refractivity contribution in [2.75, 3.05) is 12.9 Å². The van der Waals surface area contributed by atoms with E-state index in [-0.39, 0.29) is 18.3 Å². The first kappa shape index (κ1) is 25.5. The van der Waals surface area contributed by atoms with Crippen LogP contribution < -0.4 is 5.48 Å². The molecule has 8 nitrogen and oxygen atoms in total. The monoisotopic (exact) mass is 485 g/mol. The van der Waals surface area contributed by atoms with Crippen LogP contribution in [0.5, 0.6) is 0 Å². The second-order valence-corrected chi connectivity index (χ2v) is 9.39. The normalized spacial score (nSPS) is 16.7. The third kappa shape index (κ3) is 9.03. The predicted octanol–water partition coefficient (Wildman–Crippen LogP) is 3.65. The van der Waals surface area contributed by atoms with E-state index in [2.05, 4.69) is 5.48 Å². The summed E-state index contributed by atoms with van der Waals surface area (Å²) in [6.07, 6.45) is 9.50. The van der Waals surface area contributed by atoms with Crippen molar-refractivity contribution in [3.8, 4) is 0 Å². The van der Waals surface area contributed by atoms with E-state index in [9.17, 15) is 18.0 Å². The molecule has 180 valence electrons. The van der Waals surface area contributed by atoms with E-state index in [4.69, 9.17) is 13.8 Å². The Kier molecular flexibility index (Phi) is 9.29. The molecule has 0 bridgehead atoms. The molecule has 1 N–H and O–H groups in total. The molecule has 1 atom stereocenters. The Bertz CT molecular complexity index is 1150. The minimum Gasteiger partial charge on any atom is -0.350 e. The number of ether oxygens (including phenoxy) is 1. The molecule has 0 radical (unpaired) electrons. The standard InChI is InChI=1S/C25H27NO7S/c1-34(29,30)32-18-21-5-4-6-22(17-21)23(27)14-12-19-8-10-20(11-9-19)13-15-24(28)26-33-25-7-2-3-16-31-25/h4-6,8-15,17,25H,2-3,7,16,18H2,1H3,(H,26,28)/b14-12+,15-13+. The maximum absolute atomic E-state index is 12.5. The number of allylic oxidation sites excluding steroid dienone is 1. The van der Waals surface area contributed by atoms with Crippen LogP contribution in [0.4, 0.5) is 0 Å². The molecule has 2 aromatic rings. The summed E-state index contributed by atoms with van der Waals surface area (Å²) in [6.45, 7) is 0.507. The lowest BCUT2D eigenvalue weighted by molar-refractivity contribution is -0.198. The van der Waals surface area contributed by atoms with Crippen LogP contribution in [0.1, 0.15) is 46.3 Å². The number of amides is 1. The summed E-state index contributed by atoms with van der Waals surface area (Å²) < 4.78 is 32.4. The molecule has 1 fully saturated rings. The maximum Gasteiger partial charge on any atom is 0.267 e. The molecule has 1 unspecified atom stereocenters. The van der Waals surface area contributed by atoms with Gasteiger partial charge in [-0.2, -0.15) is 8.42 Å². The number of ketones is 1. The Labute approximate surface area is 199 Å². The molecule has 1 saturated heterocycles. The number of hydrogen-bond acceptors (Lipinski definition) is 7. The SMILES string of the molecule is CS(=O)(=O)OCc1cccc(C(=O)/C=C/c2ccc(/C=C/C(=O)NOC3CCCCO3)cc2)c1. The van der Waals surface area contributed by atoms with Gasteiger partial charge in [0.25, 0.3) is 16.0 Å². The zero-order valence-electron chi connectivity index (χ0n) is 18.8. The first-order chi connectivity index (χ1) is 16.3. The van der Waals surface area contributed by atoms with Gasteiger partial charge in [-0.15, -0.1) is 0 Å². The predicted molar refractivity (Wildman–Crippen MR) is 128 cm³/mol. The van der Waals surface area contributed by atoms with Gasteiger partial charge in [0, 0.05) is 24.7 Å². The van der Waals surface area contributed by atoms with Gasteiger partial charge in [0.15, 0.2) is 12.1 Å². The van der Waals surface area contributed by atoms with E-state index in [0.29, 0.717) is 17.7 Å². The number of hydrogen-bond donors (Lipinski definition) is 1. The lowest BCUT2D eigenvalue weighted by Crippen LogP contribution is -2.32. The average molecular weight is 486 g/mol. The highest BCUT2D eigenvalue weighted by atomic mass is 32.2. The molecule has 1 amide bonds. The molecule has 0 saturated carbocycles. The fourth-order valence-corrected chi connectivity index (χ4v) is 3.46. The van der Waals surface area contributed by atoms with Gasteiger partial charge in [0.1, 0.15) is 0 Å². The number of nitrogens with one attached hydrogen (secondary N) is 1. The fourth-order valence-electron chi connectivity index (χ4n) is 3.11. The summed E-state index contributed by atoms with van der Waals surface area (Å²) in [4.78, 5) is 29.6. The van der Waals surface area contributed by atoms with Gasteiger partial charge in [-0.3, -0.25) is 13.8 Å². The van der Waals surface area contributed by atoms with Crippen LogP contribution in [0.25, 0.3) is 12.2 Å². The van der Waals surface area contributed by atoms with E-state index < -0.39 is 16.4 Å². The molecule has 34 heavy (non-hydrogen) atoms. The van der Waals surface area contributed by atoms with Crippen LogP contribution in [0.15, 0.2) is 60.7 Å². The third-order valence-corrected chi connectivity index (χ3v) is 5.42. The molecule has 2 aromatic carbocycles. The lowest BCUT2D eigenvalue weighted by Gasteiger charge is -2.21. The minimum atomic E-state index is -3.56. The fraction of sp³-hybridized carbons (Fsp3) is 0.280. The van der Waals surface area contributed by atoms with Crippen molar-refractivity contribution in [1.29, 1.82) is 0 Å². The summed E-state index contributed by atoms with van der Waals surface area (Å²) in [7, 11) is -3.56. The van der Waals surface area contributed by atoms with Gasteiger partial charge in [0.2, 0.25) is 0 Å². The molecule has 1 aliphatic rings. The van der Waals surface area contributed by atoms with Crippen LogP contribution in [-0.2, 0) is 35.3 Å². The van der Waals surface area contributed by atoms with Crippen LogP contribution in [0, 0.1) is 0 Å². The molecule has 1 aliphatic heterocycles. The van der Waals surface area contributed by atoms with Crippen molar-refractivity contribution in [2.24, 2.45) is 0 Å². The van der Waals surface area contributed by atoms with Crippen LogP contribution in [0.2, 0.25) is 0 Å². The van der Waals surface area contributed by atoms with Gasteiger partial charge >= 0.3 is 0 Å². The summed E-state index contributed by atoms with van der Waals surface area (Å²) >= 11 is 0. The lowest BCUT2D eigenvalue weighted by atomic mass is 10.1. The van der Waals surface area contributed by atoms with Gasteiger partial charge in [0.05, 0.1) is 12.9 Å². The molecule has 0 spiro atoms. The highest BCUT2D eigenvalue weighted by Crippen LogP contribution is 2.13. The third-order valence-electron chi connectivity index (χ3n) is 4.87. The van der Waals surface area contributed by atoms with Gasteiger partial charge < -0.3 is 4.74 Å². The van der Waals surface area contributed by atoms with E-state index >= 15 is 0 Å². The molecule has 9 heteroatoms. The number of carbonyl (C=O) groups excluding carboxylic acids is 2. The van der Waals surface area contributed by atoms with E-state index in [0.717, 1.165) is 36.6 Å². The van der Waals surface area contributed by atoms with E-state index in [1.54, 1.807) is 36.4 Å². The number of benzene rings is 2. The molecule has 3 rings (SSSR count). The van der Waals surface area contributed by atoms with E-state index in [1.165, 1.54) is 12.2 Å². The van der Waals surface area contributed by atoms with Crippen molar-refractivity contribution in [3.63, 3.8) is 0 Å². The number of carbonyl (C=O) groups is 2. The Morgan fingerprint density at radius 3 is 2.41 bits per heavy atom. The van der Waals surface area contributed by atoms with Gasteiger partial charge in [-0.25, -0.2) is 10.3 Å². The zero-order valence-corrected chi connectivity index (χ0v) is 19.6. The van der Waals surface area contributed by atoms with Crippen LogP contribution in [-0.4, -0.2) is 39.3 Å². The smallest absolute Gasteiger partial charge is 0.267 e. The Morgan fingerprint density at radius 1 is 1.06 bits per heavy atom. The highest BCUT2D eigenvalue weighted by molar-refractivity contribution is 7.85. The number of hydroxylamine groups is 1. The van der Waals surface area contributed by atoms with Crippen molar-refractivity contribution < 1.29 is 31.8 Å². The Balaban J connectivity index is 1.50. The topological polar surface area (TPSA) is 108 Å². The molecule has 0 aromatic heterocycles. The molecular formula is C25H27NO7S. The van der Waals surface area contributed by atoms with Crippen LogP contribution >= 0.6 is 0 Å². The number of rotatable bonds is 10. The highest BCUT2D eigenvalue weighted by Gasteiger charge is 2.14. The zero-order chi connectivity index (χ0) is 24.4. The van der Waals surface area contributed by atoms with Gasteiger partial charge in [-0.05, 0) is 47.8 Å². The van der Waals surface area contributed by atoms with Crippen molar-refractivity contribution in [3.05, 3.63) is 82.9 Å². The van der Waals surface area contributed by atoms with Crippen LogP contribution in [0.3, 0.4) is 0 Å². The summed E-state index contributed by atoms with van der Waals surface area (Å²) in [6, 6.07) is 13.9. The Morgan fingerprint density at radius 2 is 1.76 bits per heavy atom. The largest absolute Gasteiger partial charge is 0.350 e.